The molecule has 0 saturated heterocycles. The molecule has 32 heavy (non-hydrogen) atoms. The molecule has 5 heteroatoms. The highest BCUT2D eigenvalue weighted by atomic mass is 32.1. The topological polar surface area (TPSA) is 51.2 Å². The van der Waals surface area contributed by atoms with Gasteiger partial charge in [0.05, 0.1) is 12.3 Å². The Balaban J connectivity index is 1.27. The van der Waals surface area contributed by atoms with Crippen LogP contribution in [0.15, 0.2) is 78.2 Å². The molecule has 1 heterocycles. The van der Waals surface area contributed by atoms with Crippen LogP contribution in [-0.2, 0) is 4.79 Å². The van der Waals surface area contributed by atoms with Crippen LogP contribution in [0.1, 0.15) is 24.0 Å². The Morgan fingerprint density at radius 1 is 0.906 bits per heavy atom. The van der Waals surface area contributed by atoms with Crippen LogP contribution in [0.5, 0.6) is 5.75 Å². The summed E-state index contributed by atoms with van der Waals surface area (Å²) in [6.07, 6.45) is 1.05. The van der Waals surface area contributed by atoms with E-state index in [1.54, 1.807) is 0 Å². The predicted octanol–water partition coefficient (Wildman–Crippen LogP) is 6.89. The highest BCUT2D eigenvalue weighted by molar-refractivity contribution is 7.14. The van der Waals surface area contributed by atoms with Gasteiger partial charge in [0.15, 0.2) is 5.13 Å². The minimum atomic E-state index is -0.0464. The van der Waals surface area contributed by atoms with E-state index in [0.29, 0.717) is 24.6 Å². The van der Waals surface area contributed by atoms with Crippen molar-refractivity contribution >= 4 is 22.4 Å². The largest absolute Gasteiger partial charge is 0.493 e. The molecule has 4 aromatic rings. The monoisotopic (exact) mass is 442 g/mol. The Hall–Kier alpha value is -3.44. The lowest BCUT2D eigenvalue weighted by atomic mass is 10.0. The Morgan fingerprint density at radius 2 is 1.62 bits per heavy atom. The van der Waals surface area contributed by atoms with Crippen molar-refractivity contribution in [2.45, 2.75) is 26.7 Å². The number of benzene rings is 3. The second-order valence-corrected chi connectivity index (χ2v) is 8.54. The molecule has 0 spiro atoms. The van der Waals surface area contributed by atoms with Crippen LogP contribution in [0.2, 0.25) is 0 Å². The molecule has 1 amide bonds. The molecular weight excluding hydrogens is 416 g/mol. The first-order valence-electron chi connectivity index (χ1n) is 10.7. The van der Waals surface area contributed by atoms with Crippen molar-refractivity contribution < 1.29 is 9.53 Å². The molecule has 1 N–H and O–H groups in total. The van der Waals surface area contributed by atoms with Crippen LogP contribution in [-0.4, -0.2) is 17.5 Å². The van der Waals surface area contributed by atoms with E-state index in [4.69, 9.17) is 4.74 Å². The third kappa shape index (κ3) is 5.42. The number of aryl methyl sites for hydroxylation is 1. The molecule has 4 rings (SSSR count). The molecule has 162 valence electrons. The normalized spacial score (nSPS) is 10.7. The maximum Gasteiger partial charge on any atom is 0.226 e. The number of nitrogens with one attached hydrogen (secondary N) is 1. The first-order valence-corrected chi connectivity index (χ1v) is 11.6. The van der Waals surface area contributed by atoms with E-state index in [1.807, 2.05) is 42.6 Å². The van der Waals surface area contributed by atoms with E-state index in [-0.39, 0.29) is 5.91 Å². The zero-order valence-corrected chi connectivity index (χ0v) is 19.1. The zero-order valence-electron chi connectivity index (χ0n) is 18.3. The molecule has 0 aliphatic rings. The number of carbonyl (C=O) groups excluding carboxylic acids is 1. The number of thiazole rings is 1. The predicted molar refractivity (Wildman–Crippen MR) is 132 cm³/mol. The van der Waals surface area contributed by atoms with E-state index < -0.39 is 0 Å². The highest BCUT2D eigenvalue weighted by Crippen LogP contribution is 2.28. The van der Waals surface area contributed by atoms with Gasteiger partial charge in [0, 0.05) is 17.4 Å². The molecule has 1 aromatic heterocycles. The van der Waals surface area contributed by atoms with Crippen LogP contribution in [0.25, 0.3) is 22.4 Å². The van der Waals surface area contributed by atoms with E-state index >= 15 is 0 Å². The Labute approximate surface area is 192 Å². The van der Waals surface area contributed by atoms with E-state index in [1.165, 1.54) is 28.0 Å². The lowest BCUT2D eigenvalue weighted by Crippen LogP contribution is -2.12. The molecule has 0 aliphatic carbocycles. The summed E-state index contributed by atoms with van der Waals surface area (Å²) in [5.41, 5.74) is 6.60. The zero-order chi connectivity index (χ0) is 22.3. The van der Waals surface area contributed by atoms with Gasteiger partial charge >= 0.3 is 0 Å². The minimum Gasteiger partial charge on any atom is -0.493 e. The SMILES string of the molecule is Cc1cccc(OCCCC(=O)Nc2nc(-c3ccc(-c4ccccc4)cc3)cs2)c1C. The molecule has 4 nitrogen and oxygen atoms in total. The molecule has 0 atom stereocenters. The second kappa shape index (κ2) is 10.2. The lowest BCUT2D eigenvalue weighted by Gasteiger charge is -2.10. The minimum absolute atomic E-state index is 0.0464. The van der Waals surface area contributed by atoms with Crippen LogP contribution in [0, 0.1) is 13.8 Å². The quantitative estimate of drug-likeness (QED) is 0.302. The van der Waals surface area contributed by atoms with Gasteiger partial charge in [-0.2, -0.15) is 0 Å². The van der Waals surface area contributed by atoms with Crippen molar-refractivity contribution in [3.8, 4) is 28.1 Å². The number of hydrogen-bond donors (Lipinski definition) is 1. The number of anilines is 1. The average molecular weight is 443 g/mol. The standard InChI is InChI=1S/C27H26N2O2S/c1-19-8-6-11-25(20(19)2)31-17-7-12-26(30)29-27-28-24(18-32-27)23-15-13-22(14-16-23)21-9-4-3-5-10-21/h3-6,8-11,13-16,18H,7,12,17H2,1-2H3,(H,28,29,30). The summed E-state index contributed by atoms with van der Waals surface area (Å²) >= 11 is 1.44. The highest BCUT2D eigenvalue weighted by Gasteiger charge is 2.09. The van der Waals surface area contributed by atoms with Gasteiger partial charge < -0.3 is 10.1 Å². The average Bonchev–Trinajstić information content (AvgIpc) is 3.28. The van der Waals surface area contributed by atoms with Crippen LogP contribution in [0.4, 0.5) is 5.13 Å². The van der Waals surface area contributed by atoms with Gasteiger partial charge in [0.2, 0.25) is 5.91 Å². The van der Waals surface area contributed by atoms with Crippen LogP contribution < -0.4 is 10.1 Å². The van der Waals surface area contributed by atoms with Gasteiger partial charge in [0.25, 0.3) is 0 Å². The van der Waals surface area contributed by atoms with Crippen molar-refractivity contribution in [3.63, 3.8) is 0 Å². The van der Waals surface area contributed by atoms with Gasteiger partial charge in [-0.25, -0.2) is 4.98 Å². The fourth-order valence-corrected chi connectivity index (χ4v) is 4.14. The number of rotatable bonds is 8. The summed E-state index contributed by atoms with van der Waals surface area (Å²) < 4.78 is 5.83. The smallest absolute Gasteiger partial charge is 0.226 e. The number of aromatic nitrogens is 1. The number of ether oxygens (including phenoxy) is 1. The molecule has 0 aliphatic heterocycles. The molecule has 0 radical (unpaired) electrons. The maximum absolute atomic E-state index is 12.3. The number of amides is 1. The van der Waals surface area contributed by atoms with E-state index in [9.17, 15) is 4.79 Å². The fourth-order valence-electron chi connectivity index (χ4n) is 3.40. The van der Waals surface area contributed by atoms with Crippen molar-refractivity contribution in [3.05, 3.63) is 89.3 Å². The summed E-state index contributed by atoms with van der Waals surface area (Å²) in [5, 5.41) is 5.49. The van der Waals surface area contributed by atoms with Gasteiger partial charge in [-0.05, 0) is 48.6 Å². The molecule has 3 aromatic carbocycles. The van der Waals surface area contributed by atoms with Crippen LogP contribution >= 0.6 is 11.3 Å². The third-order valence-corrected chi connectivity index (χ3v) is 6.16. The van der Waals surface area contributed by atoms with Crippen LogP contribution in [0.3, 0.4) is 0 Å². The van der Waals surface area contributed by atoms with Gasteiger partial charge in [-0.1, -0.05) is 66.7 Å². The lowest BCUT2D eigenvalue weighted by molar-refractivity contribution is -0.116. The summed E-state index contributed by atoms with van der Waals surface area (Å²) in [6, 6.07) is 24.6. The molecular formula is C27H26N2O2S. The van der Waals surface area contributed by atoms with Crippen molar-refractivity contribution in [2.75, 3.05) is 11.9 Å². The first kappa shape index (κ1) is 21.8. The summed E-state index contributed by atoms with van der Waals surface area (Å²) in [7, 11) is 0. The molecule has 0 bridgehead atoms. The summed E-state index contributed by atoms with van der Waals surface area (Å²) in [5.74, 6) is 0.836. The number of nitrogens with zero attached hydrogens (tertiary/aromatic N) is 1. The van der Waals surface area contributed by atoms with Gasteiger partial charge in [-0.3, -0.25) is 4.79 Å². The van der Waals surface area contributed by atoms with Gasteiger partial charge in [0.1, 0.15) is 5.75 Å². The van der Waals surface area contributed by atoms with E-state index in [2.05, 4.69) is 59.7 Å². The van der Waals surface area contributed by atoms with E-state index in [0.717, 1.165) is 22.6 Å². The molecule has 0 saturated carbocycles. The van der Waals surface area contributed by atoms with Crippen molar-refractivity contribution in [2.24, 2.45) is 0 Å². The Bertz CT molecular complexity index is 1180. The summed E-state index contributed by atoms with van der Waals surface area (Å²) in [4.78, 5) is 16.9. The Kier molecular flexibility index (Phi) is 6.97. The van der Waals surface area contributed by atoms with Crippen molar-refractivity contribution in [1.29, 1.82) is 0 Å². The van der Waals surface area contributed by atoms with Crippen molar-refractivity contribution in [1.82, 2.24) is 4.98 Å². The fraction of sp³-hybridized carbons (Fsp3) is 0.185. The number of carbonyl (C=O) groups is 1. The number of hydrogen-bond acceptors (Lipinski definition) is 4. The van der Waals surface area contributed by atoms with Gasteiger partial charge in [-0.15, -0.1) is 11.3 Å². The molecule has 0 unspecified atom stereocenters. The Morgan fingerprint density at radius 3 is 2.41 bits per heavy atom. The third-order valence-electron chi connectivity index (χ3n) is 5.40. The molecule has 0 fully saturated rings. The maximum atomic E-state index is 12.3. The second-order valence-electron chi connectivity index (χ2n) is 7.68. The summed E-state index contributed by atoms with van der Waals surface area (Å²) in [6.45, 7) is 4.62. The first-order chi connectivity index (χ1) is 15.6.